The molecule has 1 heterocycles. The maximum Gasteiger partial charge on any atom is 0.327 e. The summed E-state index contributed by atoms with van der Waals surface area (Å²) in [5.74, 6) is -1.53. The summed E-state index contributed by atoms with van der Waals surface area (Å²) in [5, 5.41) is 14.5. The number of nitrogens with one attached hydrogen (secondary N) is 2. The van der Waals surface area contributed by atoms with E-state index >= 15 is 0 Å². The number of carboxylic acid groups (broad SMARTS) is 1. The Kier molecular flexibility index (Phi) is 3.96. The predicted molar refractivity (Wildman–Crippen MR) is 66.4 cm³/mol. The number of amides is 2. The van der Waals surface area contributed by atoms with Crippen LogP contribution in [0.25, 0.3) is 0 Å². The molecule has 1 aliphatic heterocycles. The van der Waals surface area contributed by atoms with E-state index in [4.69, 9.17) is 5.11 Å². The van der Waals surface area contributed by atoms with Crippen LogP contribution in [-0.2, 0) is 4.79 Å². The second-order valence-corrected chi connectivity index (χ2v) is 4.19. The molecule has 0 aromatic heterocycles. The standard InChI is InChI=1S/C12H14FN3O3/c13-8-2-1-3-9(6-8)15-12(19)16-5-4-14-7-10(16)11(17)18/h1-3,6,10,14H,4-5,7H2,(H,15,19)(H,17,18). The highest BCUT2D eigenvalue weighted by Gasteiger charge is 2.31. The number of anilines is 1. The first-order valence-corrected chi connectivity index (χ1v) is 5.84. The van der Waals surface area contributed by atoms with Gasteiger partial charge in [-0.1, -0.05) is 6.07 Å². The van der Waals surface area contributed by atoms with Crippen molar-refractivity contribution < 1.29 is 19.1 Å². The maximum absolute atomic E-state index is 13.0. The molecule has 1 aliphatic rings. The van der Waals surface area contributed by atoms with E-state index < -0.39 is 23.9 Å². The summed E-state index contributed by atoms with van der Waals surface area (Å²) in [6.45, 7) is 1.02. The molecule has 0 bridgehead atoms. The van der Waals surface area contributed by atoms with Gasteiger partial charge in [-0.15, -0.1) is 0 Å². The molecule has 1 aromatic rings. The fraction of sp³-hybridized carbons (Fsp3) is 0.333. The van der Waals surface area contributed by atoms with Crippen molar-refractivity contribution >= 4 is 17.7 Å². The number of carbonyl (C=O) groups excluding carboxylic acids is 1. The quantitative estimate of drug-likeness (QED) is 0.737. The first kappa shape index (κ1) is 13.3. The van der Waals surface area contributed by atoms with Gasteiger partial charge in [-0.3, -0.25) is 0 Å². The number of piperazine rings is 1. The van der Waals surface area contributed by atoms with Crippen LogP contribution in [0.5, 0.6) is 0 Å². The third kappa shape index (κ3) is 3.19. The molecule has 7 heteroatoms. The lowest BCUT2D eigenvalue weighted by Gasteiger charge is -2.33. The minimum absolute atomic E-state index is 0.200. The zero-order chi connectivity index (χ0) is 13.8. The molecule has 1 saturated heterocycles. The van der Waals surface area contributed by atoms with E-state index in [9.17, 15) is 14.0 Å². The number of carbonyl (C=O) groups is 2. The first-order chi connectivity index (χ1) is 9.08. The summed E-state index contributed by atoms with van der Waals surface area (Å²) in [7, 11) is 0. The van der Waals surface area contributed by atoms with Crippen LogP contribution in [0.3, 0.4) is 0 Å². The van der Waals surface area contributed by atoms with Gasteiger partial charge in [-0.05, 0) is 18.2 Å². The molecule has 19 heavy (non-hydrogen) atoms. The van der Waals surface area contributed by atoms with E-state index in [1.165, 1.54) is 23.1 Å². The van der Waals surface area contributed by atoms with Gasteiger partial charge in [-0.2, -0.15) is 0 Å². The summed E-state index contributed by atoms with van der Waals surface area (Å²) in [5.41, 5.74) is 0.299. The van der Waals surface area contributed by atoms with E-state index in [-0.39, 0.29) is 13.1 Å². The highest BCUT2D eigenvalue weighted by atomic mass is 19.1. The Morgan fingerprint density at radius 2 is 2.26 bits per heavy atom. The van der Waals surface area contributed by atoms with Crippen molar-refractivity contribution in [3.63, 3.8) is 0 Å². The minimum atomic E-state index is -1.07. The Labute approximate surface area is 109 Å². The molecule has 0 radical (unpaired) electrons. The second-order valence-electron chi connectivity index (χ2n) is 4.19. The summed E-state index contributed by atoms with van der Waals surface area (Å²) in [4.78, 5) is 24.3. The van der Waals surface area contributed by atoms with Crippen molar-refractivity contribution in [2.24, 2.45) is 0 Å². The number of aliphatic carboxylic acids is 1. The molecule has 2 amide bonds. The van der Waals surface area contributed by atoms with Crippen LogP contribution < -0.4 is 10.6 Å². The van der Waals surface area contributed by atoms with Crippen molar-refractivity contribution in [1.29, 1.82) is 0 Å². The lowest BCUT2D eigenvalue weighted by molar-refractivity contribution is -0.142. The van der Waals surface area contributed by atoms with Gasteiger partial charge in [0.15, 0.2) is 0 Å². The molecule has 2 rings (SSSR count). The van der Waals surface area contributed by atoms with E-state index in [0.29, 0.717) is 12.2 Å². The van der Waals surface area contributed by atoms with Gasteiger partial charge >= 0.3 is 12.0 Å². The van der Waals surface area contributed by atoms with Crippen molar-refractivity contribution in [3.05, 3.63) is 30.1 Å². The van der Waals surface area contributed by atoms with Gasteiger partial charge in [0.05, 0.1) is 0 Å². The molecule has 0 spiro atoms. The van der Waals surface area contributed by atoms with Crippen LogP contribution >= 0.6 is 0 Å². The number of halogens is 1. The van der Waals surface area contributed by atoms with Crippen molar-refractivity contribution in [2.75, 3.05) is 25.0 Å². The topological polar surface area (TPSA) is 81.7 Å². The zero-order valence-electron chi connectivity index (χ0n) is 10.1. The second kappa shape index (κ2) is 5.66. The lowest BCUT2D eigenvalue weighted by Crippen LogP contribution is -2.58. The van der Waals surface area contributed by atoms with Gasteiger partial charge < -0.3 is 20.6 Å². The number of urea groups is 1. The zero-order valence-corrected chi connectivity index (χ0v) is 10.1. The van der Waals surface area contributed by atoms with Crippen molar-refractivity contribution in [2.45, 2.75) is 6.04 Å². The van der Waals surface area contributed by atoms with Crippen LogP contribution in [-0.4, -0.2) is 47.7 Å². The monoisotopic (exact) mass is 267 g/mol. The molecular formula is C12H14FN3O3. The van der Waals surface area contributed by atoms with Crippen molar-refractivity contribution in [1.82, 2.24) is 10.2 Å². The summed E-state index contributed by atoms with van der Waals surface area (Å²) in [6.07, 6.45) is 0. The largest absolute Gasteiger partial charge is 0.480 e. The number of benzene rings is 1. The molecule has 1 aromatic carbocycles. The summed E-state index contributed by atoms with van der Waals surface area (Å²) >= 11 is 0. The van der Waals surface area contributed by atoms with E-state index in [2.05, 4.69) is 10.6 Å². The first-order valence-electron chi connectivity index (χ1n) is 5.84. The summed E-state index contributed by atoms with van der Waals surface area (Å²) < 4.78 is 13.0. The highest BCUT2D eigenvalue weighted by molar-refractivity contribution is 5.92. The minimum Gasteiger partial charge on any atom is -0.480 e. The Morgan fingerprint density at radius 1 is 1.47 bits per heavy atom. The van der Waals surface area contributed by atoms with Crippen LogP contribution in [0, 0.1) is 5.82 Å². The van der Waals surface area contributed by atoms with E-state index in [1.807, 2.05) is 0 Å². The molecule has 0 aliphatic carbocycles. The molecular weight excluding hydrogens is 253 g/mol. The number of hydrogen-bond donors (Lipinski definition) is 3. The maximum atomic E-state index is 13.0. The number of carboxylic acids is 1. The Bertz CT molecular complexity index is 495. The van der Waals surface area contributed by atoms with E-state index in [1.54, 1.807) is 6.07 Å². The SMILES string of the molecule is O=C(O)C1CNCCN1C(=O)Nc1cccc(F)c1. The van der Waals surface area contributed by atoms with Gasteiger partial charge in [-0.25, -0.2) is 14.0 Å². The fourth-order valence-electron chi connectivity index (χ4n) is 1.93. The third-order valence-electron chi connectivity index (χ3n) is 2.87. The molecule has 1 unspecified atom stereocenters. The van der Waals surface area contributed by atoms with Gasteiger partial charge in [0, 0.05) is 25.3 Å². The van der Waals surface area contributed by atoms with Crippen LogP contribution in [0.2, 0.25) is 0 Å². The van der Waals surface area contributed by atoms with E-state index in [0.717, 1.165) is 0 Å². The van der Waals surface area contributed by atoms with Gasteiger partial charge in [0.25, 0.3) is 0 Å². The molecule has 102 valence electrons. The van der Waals surface area contributed by atoms with Gasteiger partial charge in [0.2, 0.25) is 0 Å². The molecule has 6 nitrogen and oxygen atoms in total. The molecule has 1 atom stereocenters. The fourth-order valence-corrected chi connectivity index (χ4v) is 1.93. The lowest BCUT2D eigenvalue weighted by atomic mass is 10.2. The molecule has 0 saturated carbocycles. The molecule has 3 N–H and O–H groups in total. The average molecular weight is 267 g/mol. The number of hydrogen-bond acceptors (Lipinski definition) is 3. The van der Waals surface area contributed by atoms with Crippen LogP contribution in [0.4, 0.5) is 14.9 Å². The third-order valence-corrected chi connectivity index (χ3v) is 2.87. The van der Waals surface area contributed by atoms with Crippen LogP contribution in [0.15, 0.2) is 24.3 Å². The van der Waals surface area contributed by atoms with Crippen molar-refractivity contribution in [3.8, 4) is 0 Å². The molecule has 1 fully saturated rings. The van der Waals surface area contributed by atoms with Gasteiger partial charge in [0.1, 0.15) is 11.9 Å². The Balaban J connectivity index is 2.07. The normalized spacial score (nSPS) is 19.0. The number of nitrogens with zero attached hydrogens (tertiary/aromatic N) is 1. The highest BCUT2D eigenvalue weighted by Crippen LogP contribution is 2.12. The van der Waals surface area contributed by atoms with Crippen LogP contribution in [0.1, 0.15) is 0 Å². The smallest absolute Gasteiger partial charge is 0.327 e. The Hall–Kier alpha value is -2.15. The summed E-state index contributed by atoms with van der Waals surface area (Å²) in [6, 6.07) is 3.99. The Morgan fingerprint density at radius 3 is 2.95 bits per heavy atom. The predicted octanol–water partition coefficient (Wildman–Crippen LogP) is 0.716. The average Bonchev–Trinajstić information content (AvgIpc) is 2.38. The number of rotatable bonds is 2.